The normalized spacial score (nSPS) is 11.1. The van der Waals surface area contributed by atoms with Crippen LogP contribution in [0.2, 0.25) is 0 Å². The first kappa shape index (κ1) is 15.5. The Morgan fingerprint density at radius 1 is 1.19 bits per heavy atom. The van der Waals surface area contributed by atoms with Gasteiger partial charge in [-0.05, 0) is 58.7 Å². The van der Waals surface area contributed by atoms with Gasteiger partial charge in [-0.25, -0.2) is 13.2 Å². The maximum absolute atomic E-state index is 12.2. The quantitative estimate of drug-likeness (QED) is 0.866. The zero-order chi connectivity index (χ0) is 15.6. The minimum atomic E-state index is -3.75. The van der Waals surface area contributed by atoms with E-state index in [1.54, 1.807) is 25.1 Å². The van der Waals surface area contributed by atoms with Crippen LogP contribution in [-0.2, 0) is 10.0 Å². The second-order valence-corrected chi connectivity index (χ2v) is 6.96. The van der Waals surface area contributed by atoms with Gasteiger partial charge in [0.1, 0.15) is 0 Å². The van der Waals surface area contributed by atoms with Crippen molar-refractivity contribution in [3.05, 3.63) is 58.1 Å². The van der Waals surface area contributed by atoms with Crippen LogP contribution in [0.1, 0.15) is 15.9 Å². The van der Waals surface area contributed by atoms with E-state index in [9.17, 15) is 13.2 Å². The van der Waals surface area contributed by atoms with Crippen molar-refractivity contribution in [1.29, 1.82) is 0 Å². The molecule has 2 aromatic carbocycles. The molecule has 0 amide bonds. The standard InChI is InChI=1S/C14H12BrNO4S/c1-9-3-2-4-11(7-9)21(19,20)16-10-5-6-13(15)12(8-10)14(17)18/h2-8,16H,1H3,(H,17,18). The number of aryl methyl sites for hydroxylation is 1. The van der Waals surface area contributed by atoms with Crippen molar-refractivity contribution in [2.24, 2.45) is 0 Å². The van der Waals surface area contributed by atoms with E-state index in [4.69, 9.17) is 5.11 Å². The smallest absolute Gasteiger partial charge is 0.336 e. The topological polar surface area (TPSA) is 83.5 Å². The largest absolute Gasteiger partial charge is 0.478 e. The van der Waals surface area contributed by atoms with Crippen molar-refractivity contribution < 1.29 is 18.3 Å². The first-order valence-corrected chi connectivity index (χ1v) is 8.19. The van der Waals surface area contributed by atoms with Crippen LogP contribution >= 0.6 is 15.9 Å². The molecule has 5 nitrogen and oxygen atoms in total. The van der Waals surface area contributed by atoms with E-state index in [2.05, 4.69) is 20.7 Å². The van der Waals surface area contributed by atoms with E-state index in [-0.39, 0.29) is 16.1 Å². The lowest BCUT2D eigenvalue weighted by atomic mass is 10.2. The Labute approximate surface area is 130 Å². The average Bonchev–Trinajstić information content (AvgIpc) is 2.40. The summed E-state index contributed by atoms with van der Waals surface area (Å²) in [7, 11) is -3.75. The number of sulfonamides is 1. The fourth-order valence-corrected chi connectivity index (χ4v) is 3.32. The summed E-state index contributed by atoms with van der Waals surface area (Å²) in [4.78, 5) is 11.2. The van der Waals surface area contributed by atoms with Gasteiger partial charge in [0.15, 0.2) is 0 Å². The third kappa shape index (κ3) is 3.62. The van der Waals surface area contributed by atoms with Crippen molar-refractivity contribution in [2.45, 2.75) is 11.8 Å². The Morgan fingerprint density at radius 2 is 1.90 bits per heavy atom. The van der Waals surface area contributed by atoms with E-state index in [0.29, 0.717) is 4.47 Å². The monoisotopic (exact) mass is 369 g/mol. The van der Waals surface area contributed by atoms with Gasteiger partial charge in [0.25, 0.3) is 10.0 Å². The molecule has 0 fully saturated rings. The second kappa shape index (κ2) is 5.87. The van der Waals surface area contributed by atoms with E-state index in [1.807, 2.05) is 0 Å². The predicted octanol–water partition coefficient (Wildman–Crippen LogP) is 3.26. The molecule has 0 unspecified atom stereocenters. The number of nitrogens with one attached hydrogen (secondary N) is 1. The van der Waals surface area contributed by atoms with Crippen LogP contribution < -0.4 is 4.72 Å². The number of halogens is 1. The highest BCUT2D eigenvalue weighted by Crippen LogP contribution is 2.23. The molecule has 2 aromatic rings. The van der Waals surface area contributed by atoms with Crippen molar-refractivity contribution in [3.63, 3.8) is 0 Å². The molecule has 0 aliphatic rings. The van der Waals surface area contributed by atoms with Gasteiger partial charge in [-0.2, -0.15) is 0 Å². The van der Waals surface area contributed by atoms with Crippen molar-refractivity contribution >= 4 is 37.6 Å². The molecule has 7 heteroatoms. The van der Waals surface area contributed by atoms with Crippen LogP contribution in [0.25, 0.3) is 0 Å². The molecule has 0 saturated heterocycles. The number of carboxylic acid groups (broad SMARTS) is 1. The predicted molar refractivity (Wildman–Crippen MR) is 83.1 cm³/mol. The Morgan fingerprint density at radius 3 is 2.52 bits per heavy atom. The minimum Gasteiger partial charge on any atom is -0.478 e. The van der Waals surface area contributed by atoms with Gasteiger partial charge in [-0.3, -0.25) is 4.72 Å². The third-order valence-electron chi connectivity index (χ3n) is 2.75. The maximum Gasteiger partial charge on any atom is 0.336 e. The van der Waals surface area contributed by atoms with Crippen molar-refractivity contribution in [1.82, 2.24) is 0 Å². The Bertz CT molecular complexity index is 802. The second-order valence-electron chi connectivity index (χ2n) is 4.42. The number of anilines is 1. The van der Waals surface area contributed by atoms with Crippen molar-refractivity contribution in [2.75, 3.05) is 4.72 Å². The van der Waals surface area contributed by atoms with Gasteiger partial charge in [0.2, 0.25) is 0 Å². The average molecular weight is 370 g/mol. The molecule has 0 aliphatic heterocycles. The summed E-state index contributed by atoms with van der Waals surface area (Å²) in [5, 5.41) is 9.03. The molecule has 21 heavy (non-hydrogen) atoms. The maximum atomic E-state index is 12.2. The highest BCUT2D eigenvalue weighted by Gasteiger charge is 2.16. The molecule has 110 valence electrons. The summed E-state index contributed by atoms with van der Waals surface area (Å²) < 4.78 is 27.3. The summed E-state index contributed by atoms with van der Waals surface area (Å²) in [5.74, 6) is -1.14. The number of hydrogen-bond acceptors (Lipinski definition) is 3. The highest BCUT2D eigenvalue weighted by molar-refractivity contribution is 9.10. The van der Waals surface area contributed by atoms with Gasteiger partial charge in [0, 0.05) is 10.2 Å². The van der Waals surface area contributed by atoms with E-state index in [0.717, 1.165) is 5.56 Å². The Kier molecular flexibility index (Phi) is 4.34. The molecular formula is C14H12BrNO4S. The summed E-state index contributed by atoms with van der Waals surface area (Å²) in [6.07, 6.45) is 0. The fourth-order valence-electron chi connectivity index (χ4n) is 1.75. The van der Waals surface area contributed by atoms with E-state index >= 15 is 0 Å². The zero-order valence-corrected chi connectivity index (χ0v) is 13.4. The minimum absolute atomic E-state index is 0.0144. The molecule has 0 saturated carbocycles. The number of hydrogen-bond donors (Lipinski definition) is 2. The van der Waals surface area contributed by atoms with Gasteiger partial charge < -0.3 is 5.11 Å². The Hall–Kier alpha value is -1.86. The molecule has 2 rings (SSSR count). The molecule has 0 aromatic heterocycles. The summed E-state index contributed by atoms with van der Waals surface area (Å²) >= 11 is 3.11. The van der Waals surface area contributed by atoms with Crippen molar-refractivity contribution in [3.8, 4) is 0 Å². The van der Waals surface area contributed by atoms with E-state index < -0.39 is 16.0 Å². The summed E-state index contributed by atoms with van der Waals surface area (Å²) in [5.41, 5.74) is 0.997. The molecule has 2 N–H and O–H groups in total. The first-order chi connectivity index (χ1) is 9.79. The number of rotatable bonds is 4. The highest BCUT2D eigenvalue weighted by atomic mass is 79.9. The summed E-state index contributed by atoms with van der Waals surface area (Å²) in [6, 6.07) is 10.7. The molecular weight excluding hydrogens is 358 g/mol. The molecule has 0 atom stereocenters. The van der Waals surface area contributed by atoms with E-state index in [1.165, 1.54) is 24.3 Å². The number of carbonyl (C=O) groups is 1. The zero-order valence-electron chi connectivity index (χ0n) is 11.0. The van der Waals surface area contributed by atoms with Crippen LogP contribution in [0, 0.1) is 6.92 Å². The lowest BCUT2D eigenvalue weighted by molar-refractivity contribution is 0.0696. The molecule has 0 aliphatic carbocycles. The lowest BCUT2D eigenvalue weighted by Gasteiger charge is -2.10. The van der Waals surface area contributed by atoms with Crippen LogP contribution in [0.15, 0.2) is 51.8 Å². The van der Waals surface area contributed by atoms with Crippen LogP contribution in [0.4, 0.5) is 5.69 Å². The van der Waals surface area contributed by atoms with Gasteiger partial charge >= 0.3 is 5.97 Å². The number of carboxylic acids is 1. The number of aromatic carboxylic acids is 1. The molecule has 0 heterocycles. The molecule has 0 radical (unpaired) electrons. The van der Waals surface area contributed by atoms with Crippen LogP contribution in [0.5, 0.6) is 0 Å². The molecule has 0 spiro atoms. The van der Waals surface area contributed by atoms with Gasteiger partial charge in [-0.1, -0.05) is 12.1 Å². The first-order valence-electron chi connectivity index (χ1n) is 5.92. The number of benzene rings is 2. The third-order valence-corrected chi connectivity index (χ3v) is 4.82. The van der Waals surface area contributed by atoms with Gasteiger partial charge in [0.05, 0.1) is 10.5 Å². The molecule has 0 bridgehead atoms. The SMILES string of the molecule is Cc1cccc(S(=O)(=O)Nc2ccc(Br)c(C(=O)O)c2)c1. The van der Waals surface area contributed by atoms with Crippen LogP contribution in [0.3, 0.4) is 0 Å². The fraction of sp³-hybridized carbons (Fsp3) is 0.0714. The van der Waals surface area contributed by atoms with Gasteiger partial charge in [-0.15, -0.1) is 0 Å². The Balaban J connectivity index is 2.37. The lowest BCUT2D eigenvalue weighted by Crippen LogP contribution is -2.13. The summed E-state index contributed by atoms with van der Waals surface area (Å²) in [6.45, 7) is 1.79. The van der Waals surface area contributed by atoms with Crippen LogP contribution in [-0.4, -0.2) is 19.5 Å².